The van der Waals surface area contributed by atoms with Crippen LogP contribution in [-0.4, -0.2) is 39.9 Å². The quantitative estimate of drug-likeness (QED) is 0.119. The Hall–Kier alpha value is -5.24. The fraction of sp³-hybridized carbons (Fsp3) is 0.678. The maximum Gasteiger partial charge on any atom is 0.130 e. The van der Waals surface area contributed by atoms with E-state index >= 15 is 0 Å². The van der Waals surface area contributed by atoms with Crippen LogP contribution < -0.4 is 0 Å². The molecule has 0 radical (unpaired) electrons. The molecule has 0 aliphatic heterocycles. The lowest BCUT2D eigenvalue weighted by Crippen LogP contribution is -1.99. The SMILES string of the molecule is C.CC.CC.CC.CC.CC.CC.CC.CC(C)C.CC(C)C.CC(C)c1ccc(C(C)C)cc1.CC(C)c1ccc(C(C)C)nc1.CC(C)c1ccc(C(C)C)nc1.CC(C)c1cnc(C(C)C)cn1.CC(C)c1cnc(C(C)C)nc1.CC(C)c1cnc(C(C)C)nc1. The van der Waals surface area contributed by atoms with Crippen LogP contribution in [0.4, 0.5) is 0 Å². The Kier molecular flexibility index (Phi) is 85.4. The molecular weight excluding hydrogens is 1160 g/mol. The average Bonchev–Trinajstić information content (AvgIpc) is 2.49. The lowest BCUT2D eigenvalue weighted by molar-refractivity contribution is 0.736. The predicted octanol–water partition coefficient (Wildman–Crippen LogP) is 29.9. The lowest BCUT2D eigenvalue weighted by Gasteiger charge is -2.08. The van der Waals surface area contributed by atoms with Crippen LogP contribution in [0.3, 0.4) is 0 Å². The Morgan fingerprint density at radius 3 is 0.453 bits per heavy atom. The third-order valence-corrected chi connectivity index (χ3v) is 12.0. The van der Waals surface area contributed by atoms with Gasteiger partial charge in [0.2, 0.25) is 0 Å². The molecule has 0 saturated heterocycles. The van der Waals surface area contributed by atoms with Crippen molar-refractivity contribution in [2.75, 3.05) is 0 Å². The van der Waals surface area contributed by atoms with Gasteiger partial charge in [0, 0.05) is 72.8 Å². The van der Waals surface area contributed by atoms with Gasteiger partial charge < -0.3 is 0 Å². The Morgan fingerprint density at radius 2 is 0.326 bits per heavy atom. The minimum atomic E-state index is 0. The number of benzene rings is 1. The van der Waals surface area contributed by atoms with E-state index in [0.717, 1.165) is 34.9 Å². The van der Waals surface area contributed by atoms with Gasteiger partial charge in [-0.25, -0.2) is 19.9 Å². The van der Waals surface area contributed by atoms with Crippen LogP contribution in [0.15, 0.2) is 98.1 Å². The second-order valence-corrected chi connectivity index (χ2v) is 26.1. The van der Waals surface area contributed by atoms with Crippen LogP contribution in [0.5, 0.6) is 0 Å². The Balaban J connectivity index is -0.000000107. The zero-order chi connectivity index (χ0) is 76.0. The normalized spacial score (nSPS) is 9.66. The van der Waals surface area contributed by atoms with E-state index < -0.39 is 0 Å². The standard InChI is InChI=1S/C12H18.2C11H17N.3C10H16N2.2C4H10.7C2H6.CH4/c1-9(2)11-5-7-12(8-6-11)10(3)4;2*1-8(2)10-5-6-11(9(3)4)12-7-10;1-7(2)9-5-12-10(6-11-9)8(3)4;2*1-7(2)9-5-11-10(8(3)4)12-6-9;2*1-4(2)3;7*1-2;/h5-10H,1-4H3;2*5-9H,1-4H3;3*5-8H,1-4H3;2*4H,1-3H3;7*1-2H3;1H4. The van der Waals surface area contributed by atoms with Crippen LogP contribution in [0.25, 0.3) is 0 Å². The zero-order valence-corrected chi connectivity index (χ0v) is 70.9. The first-order valence-electron chi connectivity index (χ1n) is 37.6. The molecule has 0 aliphatic rings. The number of aromatic nitrogens is 8. The van der Waals surface area contributed by atoms with E-state index in [-0.39, 0.29) is 7.43 Å². The van der Waals surface area contributed by atoms with Crippen molar-refractivity contribution in [3.8, 4) is 0 Å². The van der Waals surface area contributed by atoms with Crippen molar-refractivity contribution in [2.24, 2.45) is 11.8 Å². The van der Waals surface area contributed by atoms with E-state index in [1.165, 1.54) is 44.8 Å². The van der Waals surface area contributed by atoms with E-state index in [4.69, 9.17) is 0 Å². The monoisotopic (exact) mass is 1320 g/mol. The summed E-state index contributed by atoms with van der Waals surface area (Å²) in [5.74, 6) is 9.87. The predicted molar refractivity (Wildman–Crippen MR) is 437 cm³/mol. The van der Waals surface area contributed by atoms with Gasteiger partial charge in [0.05, 0.1) is 11.4 Å². The molecule has 5 heterocycles. The second-order valence-electron chi connectivity index (χ2n) is 26.1. The summed E-state index contributed by atoms with van der Waals surface area (Å²) < 4.78 is 0. The van der Waals surface area contributed by atoms with Crippen LogP contribution in [-0.2, 0) is 0 Å². The molecule has 6 aromatic rings. The Morgan fingerprint density at radius 1 is 0.168 bits per heavy atom. The van der Waals surface area contributed by atoms with Crippen LogP contribution >= 0.6 is 0 Å². The van der Waals surface area contributed by atoms with Gasteiger partial charge in [-0.3, -0.25) is 19.9 Å². The van der Waals surface area contributed by atoms with E-state index in [1.54, 1.807) is 0 Å². The number of nitrogens with zero attached hydrogens (tertiary/aromatic N) is 8. The summed E-state index contributed by atoms with van der Waals surface area (Å²) in [6.45, 7) is 92.8. The van der Waals surface area contributed by atoms with E-state index in [9.17, 15) is 0 Å². The van der Waals surface area contributed by atoms with Crippen molar-refractivity contribution in [1.29, 1.82) is 0 Å². The summed E-state index contributed by atoms with van der Waals surface area (Å²) in [7, 11) is 0. The highest BCUT2D eigenvalue weighted by Gasteiger charge is 2.08. The Bertz CT molecular complexity index is 1770. The molecule has 95 heavy (non-hydrogen) atoms. The van der Waals surface area contributed by atoms with Crippen LogP contribution in [0.2, 0.25) is 0 Å². The highest BCUT2D eigenvalue weighted by atomic mass is 14.9. The van der Waals surface area contributed by atoms with Crippen molar-refractivity contribution in [3.63, 3.8) is 0 Å². The highest BCUT2D eigenvalue weighted by molar-refractivity contribution is 5.26. The molecule has 6 rings (SSSR count). The molecule has 0 atom stereocenters. The molecule has 0 aliphatic carbocycles. The molecule has 1 aromatic carbocycles. The highest BCUT2D eigenvalue weighted by Crippen LogP contribution is 2.21. The van der Waals surface area contributed by atoms with E-state index in [1.807, 2.05) is 147 Å². The molecule has 0 amide bonds. The second kappa shape index (κ2) is 73.0. The van der Waals surface area contributed by atoms with Gasteiger partial charge in [0.15, 0.2) is 0 Å². The molecule has 0 saturated carbocycles. The molecule has 0 spiro atoms. The van der Waals surface area contributed by atoms with Gasteiger partial charge >= 0.3 is 0 Å². The fourth-order valence-corrected chi connectivity index (χ4v) is 6.30. The molecule has 0 N–H and O–H groups in total. The first-order valence-corrected chi connectivity index (χ1v) is 37.6. The van der Waals surface area contributed by atoms with Crippen molar-refractivity contribution in [1.82, 2.24) is 39.9 Å². The van der Waals surface area contributed by atoms with Gasteiger partial charge in [0.1, 0.15) is 11.6 Å². The Labute approximate surface area is 597 Å². The number of pyridine rings is 2. The molecule has 0 bridgehead atoms. The number of hydrogen-bond acceptors (Lipinski definition) is 8. The molecule has 5 aromatic heterocycles. The van der Waals surface area contributed by atoms with Crippen molar-refractivity contribution < 1.29 is 0 Å². The van der Waals surface area contributed by atoms with Crippen molar-refractivity contribution in [2.45, 2.75) is 383 Å². The third-order valence-electron chi connectivity index (χ3n) is 12.0. The summed E-state index contributed by atoms with van der Waals surface area (Å²) >= 11 is 0. The minimum absolute atomic E-state index is 0. The van der Waals surface area contributed by atoms with Crippen LogP contribution in [0, 0.1) is 11.8 Å². The van der Waals surface area contributed by atoms with Crippen LogP contribution in [0.1, 0.15) is 451 Å². The lowest BCUT2D eigenvalue weighted by atomic mass is 9.97. The topological polar surface area (TPSA) is 103 Å². The van der Waals surface area contributed by atoms with Crippen molar-refractivity contribution in [3.05, 3.63) is 166 Å². The number of rotatable bonds is 12. The summed E-state index contributed by atoms with van der Waals surface area (Å²) in [6, 6.07) is 17.5. The third kappa shape index (κ3) is 63.3. The first-order chi connectivity index (χ1) is 44.1. The summed E-state index contributed by atoms with van der Waals surface area (Å²) in [6.07, 6.45) is 15.4. The first kappa shape index (κ1) is 111. The van der Waals surface area contributed by atoms with Gasteiger partial charge in [-0.1, -0.05) is 348 Å². The molecular formula is C87H166N8. The molecule has 8 heteroatoms. The number of hydrogen-bond donors (Lipinski definition) is 0. The van der Waals surface area contributed by atoms with Crippen molar-refractivity contribution >= 4 is 0 Å². The summed E-state index contributed by atoms with van der Waals surface area (Å²) in [5, 5.41) is 0. The molecule has 0 fully saturated rings. The largest absolute Gasteiger partial charge is 0.261 e. The van der Waals surface area contributed by atoms with Gasteiger partial charge in [-0.05, 0) is 117 Å². The van der Waals surface area contributed by atoms with Gasteiger partial charge in [-0.2, -0.15) is 0 Å². The van der Waals surface area contributed by atoms with Gasteiger partial charge in [0.25, 0.3) is 0 Å². The zero-order valence-electron chi connectivity index (χ0n) is 70.9. The maximum atomic E-state index is 4.40. The molecule has 8 nitrogen and oxygen atoms in total. The summed E-state index contributed by atoms with van der Waals surface area (Å²) in [5.41, 5.74) is 12.4. The fourth-order valence-electron chi connectivity index (χ4n) is 6.30. The average molecular weight is 1320 g/mol. The summed E-state index contributed by atoms with van der Waals surface area (Å²) in [4.78, 5) is 34.6. The smallest absolute Gasteiger partial charge is 0.130 e. The molecule has 0 unspecified atom stereocenters. The van der Waals surface area contributed by atoms with E-state index in [0.29, 0.717) is 71.0 Å². The van der Waals surface area contributed by atoms with Gasteiger partial charge in [-0.15, -0.1) is 0 Å². The van der Waals surface area contributed by atoms with E-state index in [2.05, 4.69) is 296 Å². The molecule has 554 valence electrons. The maximum absolute atomic E-state index is 4.40. The minimum Gasteiger partial charge on any atom is -0.261 e.